The molecule has 3 amide bonds. The van der Waals surface area contributed by atoms with Crippen molar-refractivity contribution >= 4 is 60.9 Å². The van der Waals surface area contributed by atoms with Crippen molar-refractivity contribution < 1.29 is 70.9 Å². The summed E-state index contributed by atoms with van der Waals surface area (Å²) in [5.74, 6) is -6.41. The average molecular weight is 1100 g/mol. The second-order valence-corrected chi connectivity index (χ2v) is 19.6. The van der Waals surface area contributed by atoms with Crippen LogP contribution in [0.1, 0.15) is 96.8 Å². The predicted octanol–water partition coefficient (Wildman–Crippen LogP) is 8.09. The maximum absolute atomic E-state index is 14.7. The molecule has 4 atom stereocenters. The van der Waals surface area contributed by atoms with Gasteiger partial charge in [-0.25, -0.2) is 24.2 Å². The van der Waals surface area contributed by atoms with Crippen LogP contribution in [0.15, 0.2) is 134 Å². The lowest BCUT2D eigenvalue weighted by Crippen LogP contribution is -2.44. The molecule has 1 aromatic heterocycles. The molecule has 0 fully saturated rings. The monoisotopic (exact) mass is 1100 g/mol. The number of ether oxygens (including phenoxy) is 3. The van der Waals surface area contributed by atoms with Gasteiger partial charge in [-0.3, -0.25) is 33.0 Å². The minimum Gasteiger partial charge on any atom is -0.480 e. The molecular formula is C55H62ClFN5O14P. The Morgan fingerprint density at radius 1 is 0.584 bits per heavy atom. The van der Waals surface area contributed by atoms with Crippen LogP contribution >= 0.6 is 19.3 Å². The number of carboxylic acids is 1. The quantitative estimate of drug-likeness (QED) is 0.00857. The topological polar surface area (TPSA) is 264 Å². The van der Waals surface area contributed by atoms with E-state index in [2.05, 4.69) is 26.0 Å². The zero-order chi connectivity index (χ0) is 55.3. The van der Waals surface area contributed by atoms with Crippen molar-refractivity contribution in [3.8, 4) is 0 Å². The molecule has 0 aliphatic heterocycles. The number of benzene rings is 4. The van der Waals surface area contributed by atoms with Crippen molar-refractivity contribution in [1.82, 2.24) is 26.0 Å². The number of unbranched alkanes of at least 4 members (excludes halogenated alkanes) is 2. The number of rotatable bonds is 34. The number of nitrogens with zero attached hydrogens (tertiary/aromatic N) is 1. The molecule has 4 aromatic carbocycles. The van der Waals surface area contributed by atoms with Crippen LogP contribution in [0.4, 0.5) is 4.39 Å². The maximum Gasteiger partial charge on any atom is 0.406 e. The first-order valence-electron chi connectivity index (χ1n) is 24.9. The largest absolute Gasteiger partial charge is 0.480 e. The Bertz CT molecular complexity index is 2730. The van der Waals surface area contributed by atoms with E-state index in [0.29, 0.717) is 36.0 Å². The van der Waals surface area contributed by atoms with E-state index in [4.69, 9.17) is 34.9 Å². The highest BCUT2D eigenvalue weighted by Gasteiger charge is 2.34. The second kappa shape index (κ2) is 32.9. The maximum atomic E-state index is 14.7. The second-order valence-electron chi connectivity index (χ2n) is 17.5. The third-order valence-corrected chi connectivity index (χ3v) is 13.3. The van der Waals surface area contributed by atoms with E-state index in [0.717, 1.165) is 17.8 Å². The molecule has 410 valence electrons. The Kier molecular flexibility index (Phi) is 25.9. The zero-order valence-corrected chi connectivity index (χ0v) is 43.8. The fourth-order valence-electron chi connectivity index (χ4n) is 7.23. The number of carbonyl (C=O) groups excluding carboxylic acids is 6. The first kappa shape index (κ1) is 60.5. The first-order chi connectivity index (χ1) is 37.2. The van der Waals surface area contributed by atoms with E-state index >= 15 is 0 Å². The van der Waals surface area contributed by atoms with Crippen molar-refractivity contribution in [3.05, 3.63) is 172 Å². The SMILES string of the molecule is O=C(CCCCCNC(=O)c1cnc(F)c(Cl)c1)N[C@@H](CCC(=O)N[C@@H](CCCOP(=O)(N[C@@H](CCC(=O)OCc1ccccc1)C(=O)OCc1ccccc1)OCc1ccccc1)C(=O)OCc1ccccc1)C(=O)O. The molecule has 0 saturated heterocycles. The van der Waals surface area contributed by atoms with E-state index in [1.54, 1.807) is 115 Å². The van der Waals surface area contributed by atoms with Crippen molar-refractivity contribution in [1.29, 1.82) is 0 Å². The minimum absolute atomic E-state index is 0.00700. The molecule has 5 aromatic rings. The van der Waals surface area contributed by atoms with Crippen LogP contribution in [0.5, 0.6) is 0 Å². The molecule has 0 bridgehead atoms. The van der Waals surface area contributed by atoms with Gasteiger partial charge in [0, 0.05) is 32.0 Å². The number of hydrogen-bond acceptors (Lipinski definition) is 14. The van der Waals surface area contributed by atoms with Gasteiger partial charge in [-0.1, -0.05) is 139 Å². The molecule has 0 aliphatic carbocycles. The molecule has 77 heavy (non-hydrogen) atoms. The highest BCUT2D eigenvalue weighted by atomic mass is 35.5. The third kappa shape index (κ3) is 23.2. The van der Waals surface area contributed by atoms with Crippen molar-refractivity contribution in [2.75, 3.05) is 13.2 Å². The number of nitrogens with one attached hydrogen (secondary N) is 4. The molecule has 1 heterocycles. The van der Waals surface area contributed by atoms with Crippen LogP contribution < -0.4 is 21.0 Å². The summed E-state index contributed by atoms with van der Waals surface area (Å²) in [6.07, 6.45) is 0.917. The summed E-state index contributed by atoms with van der Waals surface area (Å²) >= 11 is 5.69. The van der Waals surface area contributed by atoms with E-state index in [1.165, 1.54) is 0 Å². The molecule has 22 heteroatoms. The number of aliphatic carboxylic acids is 1. The van der Waals surface area contributed by atoms with Crippen LogP contribution in [-0.4, -0.2) is 83.0 Å². The lowest BCUT2D eigenvalue weighted by atomic mass is 10.1. The highest BCUT2D eigenvalue weighted by molar-refractivity contribution is 7.51. The van der Waals surface area contributed by atoms with Gasteiger partial charge in [0.2, 0.25) is 17.8 Å². The summed E-state index contributed by atoms with van der Waals surface area (Å²) in [5, 5.41) is 20.0. The summed E-state index contributed by atoms with van der Waals surface area (Å²) in [5.41, 5.74) is 2.79. The van der Waals surface area contributed by atoms with Crippen LogP contribution in [0.3, 0.4) is 0 Å². The van der Waals surface area contributed by atoms with Gasteiger partial charge in [0.05, 0.1) is 23.8 Å². The van der Waals surface area contributed by atoms with Gasteiger partial charge in [-0.05, 0) is 66.8 Å². The van der Waals surface area contributed by atoms with Crippen molar-refractivity contribution in [2.24, 2.45) is 0 Å². The summed E-state index contributed by atoms with van der Waals surface area (Å²) in [4.78, 5) is 94.2. The Morgan fingerprint density at radius 3 is 1.65 bits per heavy atom. The fraction of sp³-hybridized carbons (Fsp3) is 0.345. The van der Waals surface area contributed by atoms with Crippen molar-refractivity contribution in [2.45, 2.75) is 109 Å². The standard InChI is InChI=1S/C55H62ClFN5O14P/c56-44-33-43(34-59-51(44)57)52(66)58-31-15-5-14-26-48(63)60-45(53(67)68)27-29-49(64)61-46(54(69)73-36-40-19-8-2-9-20-40)25-16-32-75-77(71,76-38-42-23-12-4-13-24-42)62-47(55(70)74-37-41-21-10-3-11-22-41)28-30-50(65)72-35-39-17-6-1-7-18-39/h1-4,6-13,17-24,33-34,45-47H,5,14-16,25-32,35-38H2,(H,58,66)(H,60,63)(H,61,64)(H,62,71)(H,67,68)/t45-,46-,47-,77?/m0/s1. The predicted molar refractivity (Wildman–Crippen MR) is 280 cm³/mol. The number of carboxylic acid groups (broad SMARTS) is 1. The number of halogens is 2. The molecular weight excluding hydrogens is 1040 g/mol. The van der Waals surface area contributed by atoms with Crippen LogP contribution in [0, 0.1) is 5.95 Å². The smallest absolute Gasteiger partial charge is 0.406 e. The van der Waals surface area contributed by atoms with Gasteiger partial charge in [0.15, 0.2) is 0 Å². The number of hydrogen-bond donors (Lipinski definition) is 5. The highest BCUT2D eigenvalue weighted by Crippen LogP contribution is 2.46. The zero-order valence-electron chi connectivity index (χ0n) is 42.2. The number of esters is 3. The average Bonchev–Trinajstić information content (AvgIpc) is 3.44. The van der Waals surface area contributed by atoms with Crippen LogP contribution in [-0.2, 0) is 83.0 Å². The van der Waals surface area contributed by atoms with Gasteiger partial charge >= 0.3 is 31.6 Å². The van der Waals surface area contributed by atoms with Gasteiger partial charge < -0.3 is 35.3 Å². The molecule has 19 nitrogen and oxygen atoms in total. The lowest BCUT2D eigenvalue weighted by Gasteiger charge is -2.25. The van der Waals surface area contributed by atoms with E-state index in [9.17, 15) is 47.6 Å². The lowest BCUT2D eigenvalue weighted by molar-refractivity contribution is -0.150. The van der Waals surface area contributed by atoms with Crippen molar-refractivity contribution in [3.63, 3.8) is 0 Å². The molecule has 0 aliphatic rings. The Morgan fingerprint density at radius 2 is 1.09 bits per heavy atom. The number of aromatic nitrogens is 1. The van der Waals surface area contributed by atoms with Gasteiger partial charge in [0.25, 0.3) is 5.91 Å². The van der Waals surface area contributed by atoms with E-state index in [1.807, 2.05) is 6.07 Å². The molecule has 0 spiro atoms. The van der Waals surface area contributed by atoms with Crippen LogP contribution in [0.2, 0.25) is 5.02 Å². The summed E-state index contributed by atoms with van der Waals surface area (Å²) in [7, 11) is -4.48. The molecule has 5 N–H and O–H groups in total. The van der Waals surface area contributed by atoms with Gasteiger partial charge in [0.1, 0.15) is 37.9 Å². The summed E-state index contributed by atoms with van der Waals surface area (Å²) < 4.78 is 56.3. The fourth-order valence-corrected chi connectivity index (χ4v) is 8.92. The molecule has 0 radical (unpaired) electrons. The van der Waals surface area contributed by atoms with E-state index < -0.39 is 79.8 Å². The summed E-state index contributed by atoms with van der Waals surface area (Å²) in [6, 6.07) is 32.4. The number of amides is 3. The first-order valence-corrected chi connectivity index (χ1v) is 26.8. The molecule has 1 unspecified atom stereocenters. The number of carbonyl (C=O) groups is 7. The minimum atomic E-state index is -4.48. The Hall–Kier alpha value is -7.35. The van der Waals surface area contributed by atoms with Gasteiger partial charge in [-0.2, -0.15) is 4.39 Å². The Balaban J connectivity index is 1.18. The van der Waals surface area contributed by atoms with Crippen LogP contribution in [0.25, 0.3) is 0 Å². The van der Waals surface area contributed by atoms with Gasteiger partial charge in [-0.15, -0.1) is 0 Å². The third-order valence-electron chi connectivity index (χ3n) is 11.4. The number of pyridine rings is 1. The Labute approximate surface area is 450 Å². The molecule has 5 rings (SSSR count). The summed E-state index contributed by atoms with van der Waals surface area (Å²) in [6.45, 7) is -0.617. The molecule has 0 saturated carbocycles. The normalized spacial score (nSPS) is 12.9. The van der Waals surface area contributed by atoms with E-state index in [-0.39, 0.29) is 88.7 Å².